The van der Waals surface area contributed by atoms with Gasteiger partial charge in [0, 0.05) is 13.2 Å². The highest BCUT2D eigenvalue weighted by Crippen LogP contribution is 1.80. The quantitative estimate of drug-likeness (QED) is 0.450. The molecule has 0 N–H and O–H groups in total. The molecule has 5 heteroatoms. The van der Waals surface area contributed by atoms with Gasteiger partial charge in [-0.25, -0.2) is 8.42 Å². The standard InChI is InChI=1S/C3H6O3S.H3P/c1-3(4)7(2,5)6;/h1-2H3;1H3. The summed E-state index contributed by atoms with van der Waals surface area (Å²) < 4.78 is 20.0. The minimum absolute atomic E-state index is 0. The van der Waals surface area contributed by atoms with Crippen molar-refractivity contribution in [3.05, 3.63) is 0 Å². The van der Waals surface area contributed by atoms with Crippen LogP contribution in [-0.4, -0.2) is 19.8 Å². The van der Waals surface area contributed by atoms with Gasteiger partial charge in [0.2, 0.25) is 15.0 Å². The lowest BCUT2D eigenvalue weighted by Gasteiger charge is -1.81. The summed E-state index contributed by atoms with van der Waals surface area (Å²) in [6.45, 7) is 1.02. The van der Waals surface area contributed by atoms with Crippen molar-refractivity contribution in [1.29, 1.82) is 0 Å². The van der Waals surface area contributed by atoms with Gasteiger partial charge in [0.1, 0.15) is 0 Å². The third kappa shape index (κ3) is 4.22. The van der Waals surface area contributed by atoms with Crippen LogP contribution in [0.15, 0.2) is 0 Å². The summed E-state index contributed by atoms with van der Waals surface area (Å²) in [5.41, 5.74) is 0. The van der Waals surface area contributed by atoms with E-state index in [-0.39, 0.29) is 9.90 Å². The first kappa shape index (κ1) is 10.9. The lowest BCUT2D eigenvalue weighted by molar-refractivity contribution is -0.109. The number of carbonyl (C=O) groups excluding carboxylic acids is 1. The smallest absolute Gasteiger partial charge is 0.243 e. The molecule has 0 amide bonds. The van der Waals surface area contributed by atoms with Crippen LogP contribution < -0.4 is 0 Å². The fraction of sp³-hybridized carbons (Fsp3) is 0.667. The Labute approximate surface area is 52.0 Å². The molecule has 0 fully saturated rings. The molecule has 0 saturated heterocycles. The summed E-state index contributed by atoms with van der Waals surface area (Å²) >= 11 is 0. The van der Waals surface area contributed by atoms with E-state index in [1.165, 1.54) is 0 Å². The van der Waals surface area contributed by atoms with Gasteiger partial charge in [-0.15, -0.1) is 0 Å². The number of rotatable bonds is 0. The summed E-state index contributed by atoms with van der Waals surface area (Å²) in [5.74, 6) is 0. The van der Waals surface area contributed by atoms with E-state index < -0.39 is 15.0 Å². The van der Waals surface area contributed by atoms with Crippen LogP contribution >= 0.6 is 9.90 Å². The normalized spacial score (nSPS) is 9.75. The number of hydrogen-bond donors (Lipinski definition) is 0. The van der Waals surface area contributed by atoms with Gasteiger partial charge in [0.25, 0.3) is 0 Å². The van der Waals surface area contributed by atoms with Crippen LogP contribution in [0, 0.1) is 0 Å². The fourth-order valence-electron chi connectivity index (χ4n) is 0. The predicted molar refractivity (Wildman–Crippen MR) is 36.6 cm³/mol. The zero-order valence-corrected chi connectivity index (χ0v) is 7.07. The maximum absolute atomic E-state index is 9.98. The highest BCUT2D eigenvalue weighted by atomic mass is 32.2. The lowest BCUT2D eigenvalue weighted by atomic mass is 10.9. The average Bonchev–Trinajstić information content (AvgIpc) is 1.31. The van der Waals surface area contributed by atoms with Crippen molar-refractivity contribution < 1.29 is 13.2 Å². The second-order valence-electron chi connectivity index (χ2n) is 1.26. The first-order chi connectivity index (χ1) is 2.94. The summed E-state index contributed by atoms with van der Waals surface area (Å²) in [7, 11) is -3.38. The molecule has 0 heterocycles. The van der Waals surface area contributed by atoms with Gasteiger partial charge in [0.05, 0.1) is 0 Å². The van der Waals surface area contributed by atoms with Gasteiger partial charge in [-0.2, -0.15) is 9.90 Å². The van der Waals surface area contributed by atoms with E-state index in [4.69, 9.17) is 0 Å². The zero-order chi connectivity index (χ0) is 6.08. The largest absolute Gasteiger partial charge is 0.282 e. The Bertz CT molecular complexity index is 169. The Morgan fingerprint density at radius 3 is 1.50 bits per heavy atom. The van der Waals surface area contributed by atoms with Crippen molar-refractivity contribution in [2.45, 2.75) is 6.92 Å². The van der Waals surface area contributed by atoms with Gasteiger partial charge < -0.3 is 0 Å². The highest BCUT2D eigenvalue weighted by Gasteiger charge is 2.05. The van der Waals surface area contributed by atoms with E-state index in [9.17, 15) is 13.2 Å². The van der Waals surface area contributed by atoms with E-state index in [2.05, 4.69) is 0 Å². The summed E-state index contributed by atoms with van der Waals surface area (Å²) in [5, 5.41) is -0.785. The van der Waals surface area contributed by atoms with Gasteiger partial charge in [-0.1, -0.05) is 0 Å². The molecule has 0 bridgehead atoms. The van der Waals surface area contributed by atoms with Crippen molar-refractivity contribution in [2.24, 2.45) is 0 Å². The third-order valence-electron chi connectivity index (χ3n) is 0.522. The first-order valence-corrected chi connectivity index (χ1v) is 3.54. The first-order valence-electron chi connectivity index (χ1n) is 1.65. The molecule has 1 unspecified atom stereocenters. The van der Waals surface area contributed by atoms with Crippen LogP contribution in [0.4, 0.5) is 0 Å². The molecule has 0 spiro atoms. The number of carbonyl (C=O) groups is 1. The Morgan fingerprint density at radius 1 is 1.38 bits per heavy atom. The molecule has 0 rings (SSSR count). The second kappa shape index (κ2) is 3.15. The minimum atomic E-state index is -3.38. The molecular weight excluding hydrogens is 147 g/mol. The molecule has 0 radical (unpaired) electrons. The average molecular weight is 156 g/mol. The van der Waals surface area contributed by atoms with E-state index >= 15 is 0 Å². The molecule has 0 aromatic rings. The molecule has 0 aliphatic heterocycles. The summed E-state index contributed by atoms with van der Waals surface area (Å²) in [6.07, 6.45) is 0.884. The Balaban J connectivity index is 0. The van der Waals surface area contributed by atoms with E-state index in [1.807, 2.05) is 0 Å². The van der Waals surface area contributed by atoms with Crippen LogP contribution in [0.25, 0.3) is 0 Å². The molecule has 50 valence electrons. The molecule has 0 aliphatic rings. The fourth-order valence-corrected chi connectivity index (χ4v) is 0. The molecule has 3 nitrogen and oxygen atoms in total. The summed E-state index contributed by atoms with van der Waals surface area (Å²) in [6, 6.07) is 0. The SMILES string of the molecule is CC(=O)S(C)(=O)=O.P. The molecule has 0 aliphatic carbocycles. The van der Waals surface area contributed by atoms with Crippen LogP contribution in [0.2, 0.25) is 0 Å². The zero-order valence-electron chi connectivity index (χ0n) is 4.84. The molecule has 8 heavy (non-hydrogen) atoms. The molecule has 1 atom stereocenters. The Kier molecular flexibility index (Phi) is 4.31. The van der Waals surface area contributed by atoms with Crippen LogP contribution in [0.5, 0.6) is 0 Å². The van der Waals surface area contributed by atoms with E-state index in [0.717, 1.165) is 13.2 Å². The van der Waals surface area contributed by atoms with Crippen molar-refractivity contribution in [3.8, 4) is 0 Å². The maximum atomic E-state index is 9.98. The second-order valence-corrected chi connectivity index (χ2v) is 3.38. The molecule has 0 saturated carbocycles. The van der Waals surface area contributed by atoms with E-state index in [1.54, 1.807) is 0 Å². The number of sulfone groups is 1. The highest BCUT2D eigenvalue weighted by molar-refractivity contribution is 8.05. The van der Waals surface area contributed by atoms with Crippen molar-refractivity contribution in [1.82, 2.24) is 0 Å². The van der Waals surface area contributed by atoms with E-state index in [0.29, 0.717) is 0 Å². The maximum Gasteiger partial charge on any atom is 0.243 e. The Hall–Kier alpha value is 0.0500. The van der Waals surface area contributed by atoms with Crippen LogP contribution in [0.3, 0.4) is 0 Å². The van der Waals surface area contributed by atoms with Gasteiger partial charge in [0.15, 0.2) is 0 Å². The Morgan fingerprint density at radius 2 is 1.50 bits per heavy atom. The molecule has 0 aromatic carbocycles. The summed E-state index contributed by atoms with van der Waals surface area (Å²) in [4.78, 5) is 9.88. The van der Waals surface area contributed by atoms with Crippen LogP contribution in [-0.2, 0) is 14.6 Å². The van der Waals surface area contributed by atoms with Gasteiger partial charge in [-0.05, 0) is 0 Å². The lowest BCUT2D eigenvalue weighted by Crippen LogP contribution is -2.06. The monoisotopic (exact) mass is 156 g/mol. The molecule has 0 aromatic heterocycles. The van der Waals surface area contributed by atoms with Crippen molar-refractivity contribution >= 4 is 24.9 Å². The van der Waals surface area contributed by atoms with Crippen LogP contribution in [0.1, 0.15) is 6.92 Å². The molecular formula is C3H9O3PS. The number of hydrogen-bond acceptors (Lipinski definition) is 3. The van der Waals surface area contributed by atoms with Crippen molar-refractivity contribution in [2.75, 3.05) is 6.26 Å². The topological polar surface area (TPSA) is 51.2 Å². The van der Waals surface area contributed by atoms with Gasteiger partial charge >= 0.3 is 0 Å². The minimum Gasteiger partial charge on any atom is -0.282 e. The van der Waals surface area contributed by atoms with Gasteiger partial charge in [-0.3, -0.25) is 4.79 Å². The third-order valence-corrected chi connectivity index (χ3v) is 1.57. The predicted octanol–water partition coefficient (Wildman–Crippen LogP) is -0.364. The van der Waals surface area contributed by atoms with Crippen molar-refractivity contribution in [3.63, 3.8) is 0 Å².